The van der Waals surface area contributed by atoms with Gasteiger partial charge in [0, 0.05) is 13.1 Å². The molecule has 1 aromatic carbocycles. The highest BCUT2D eigenvalue weighted by molar-refractivity contribution is 5.91. The summed E-state index contributed by atoms with van der Waals surface area (Å²) in [7, 11) is 0. The van der Waals surface area contributed by atoms with Crippen molar-refractivity contribution in [1.29, 1.82) is 0 Å². The highest BCUT2D eigenvalue weighted by Gasteiger charge is 2.19. The summed E-state index contributed by atoms with van der Waals surface area (Å²) >= 11 is 0. The summed E-state index contributed by atoms with van der Waals surface area (Å²) in [5, 5.41) is 9.06. The summed E-state index contributed by atoms with van der Waals surface area (Å²) < 4.78 is 0. The largest absolute Gasteiger partial charge is 0.478 e. The molecule has 1 N–H and O–H groups in total. The first-order chi connectivity index (χ1) is 8.68. The Balaban J connectivity index is 2.08. The summed E-state index contributed by atoms with van der Waals surface area (Å²) in [6, 6.07) is 6.70. The molecule has 1 aromatic rings. The molecule has 4 heteroatoms. The van der Waals surface area contributed by atoms with Gasteiger partial charge in [-0.15, -0.1) is 0 Å². The minimum Gasteiger partial charge on any atom is -0.478 e. The number of rotatable bonds is 3. The van der Waals surface area contributed by atoms with Gasteiger partial charge in [0.25, 0.3) is 0 Å². The molecule has 96 valence electrons. The zero-order chi connectivity index (χ0) is 13.0. The smallest absolute Gasteiger partial charge is 0.335 e. The predicted molar refractivity (Wildman–Crippen MR) is 67.5 cm³/mol. The van der Waals surface area contributed by atoms with Crippen LogP contribution in [0.4, 0.5) is 0 Å². The number of carboxylic acids is 1. The van der Waals surface area contributed by atoms with Crippen molar-refractivity contribution in [2.75, 3.05) is 13.1 Å². The van der Waals surface area contributed by atoms with Gasteiger partial charge in [0.15, 0.2) is 0 Å². The second kappa shape index (κ2) is 5.67. The Morgan fingerprint density at radius 2 is 1.78 bits per heavy atom. The number of hydrogen-bond acceptors (Lipinski definition) is 2. The van der Waals surface area contributed by atoms with Gasteiger partial charge >= 0.3 is 5.97 Å². The molecular formula is C14H17NO3. The van der Waals surface area contributed by atoms with Crippen LogP contribution >= 0.6 is 0 Å². The lowest BCUT2D eigenvalue weighted by Gasteiger charge is -2.26. The highest BCUT2D eigenvalue weighted by atomic mass is 16.4. The standard InChI is InChI=1S/C14H17NO3/c16-13(15-8-4-1-5-9-15)10-11-6-2-3-7-12(11)14(17)18/h2-3,6-7H,1,4-5,8-10H2,(H,17,18). The van der Waals surface area contributed by atoms with Gasteiger partial charge in [-0.1, -0.05) is 18.2 Å². The van der Waals surface area contributed by atoms with E-state index in [1.807, 2.05) is 4.90 Å². The van der Waals surface area contributed by atoms with Gasteiger partial charge in [-0.05, 0) is 30.9 Å². The number of amides is 1. The number of piperidine rings is 1. The molecule has 0 atom stereocenters. The minimum atomic E-state index is -0.975. The third-order valence-electron chi connectivity index (χ3n) is 3.30. The summed E-state index contributed by atoms with van der Waals surface area (Å²) in [4.78, 5) is 25.0. The first kappa shape index (κ1) is 12.6. The number of hydrogen-bond donors (Lipinski definition) is 1. The molecule has 2 rings (SSSR count). The Hall–Kier alpha value is -1.84. The van der Waals surface area contributed by atoms with E-state index in [1.54, 1.807) is 24.3 Å². The molecule has 4 nitrogen and oxygen atoms in total. The molecule has 18 heavy (non-hydrogen) atoms. The molecule has 0 radical (unpaired) electrons. The van der Waals surface area contributed by atoms with Crippen LogP contribution in [0, 0.1) is 0 Å². The minimum absolute atomic E-state index is 0.0309. The van der Waals surface area contributed by atoms with Crippen LogP contribution in [0.1, 0.15) is 35.2 Å². The number of carboxylic acid groups (broad SMARTS) is 1. The summed E-state index contributed by atoms with van der Waals surface area (Å²) in [6.45, 7) is 1.60. The molecule has 1 saturated heterocycles. The third-order valence-corrected chi connectivity index (χ3v) is 3.30. The first-order valence-corrected chi connectivity index (χ1v) is 6.27. The van der Waals surface area contributed by atoms with Crippen molar-refractivity contribution in [2.24, 2.45) is 0 Å². The molecule has 1 heterocycles. The van der Waals surface area contributed by atoms with Crippen molar-refractivity contribution in [3.05, 3.63) is 35.4 Å². The first-order valence-electron chi connectivity index (χ1n) is 6.27. The fourth-order valence-electron chi connectivity index (χ4n) is 2.30. The Morgan fingerprint density at radius 3 is 2.44 bits per heavy atom. The van der Waals surface area contributed by atoms with E-state index in [0.717, 1.165) is 25.9 Å². The van der Waals surface area contributed by atoms with Crippen molar-refractivity contribution in [1.82, 2.24) is 4.90 Å². The maximum absolute atomic E-state index is 12.1. The van der Waals surface area contributed by atoms with Gasteiger partial charge in [0.1, 0.15) is 0 Å². The second-order valence-corrected chi connectivity index (χ2v) is 4.58. The van der Waals surface area contributed by atoms with E-state index in [4.69, 9.17) is 5.11 Å². The van der Waals surface area contributed by atoms with Crippen molar-refractivity contribution in [3.8, 4) is 0 Å². The molecule has 1 fully saturated rings. The molecule has 0 aliphatic carbocycles. The number of benzene rings is 1. The van der Waals surface area contributed by atoms with Crippen molar-refractivity contribution in [2.45, 2.75) is 25.7 Å². The zero-order valence-electron chi connectivity index (χ0n) is 10.3. The topological polar surface area (TPSA) is 57.6 Å². The van der Waals surface area contributed by atoms with Crippen LogP contribution in [0.25, 0.3) is 0 Å². The molecule has 0 aromatic heterocycles. The fourth-order valence-corrected chi connectivity index (χ4v) is 2.30. The molecule has 1 amide bonds. The van der Waals surface area contributed by atoms with E-state index in [1.165, 1.54) is 6.42 Å². The van der Waals surface area contributed by atoms with Gasteiger partial charge in [-0.3, -0.25) is 4.79 Å². The van der Waals surface area contributed by atoms with Gasteiger partial charge in [0.05, 0.1) is 12.0 Å². The maximum Gasteiger partial charge on any atom is 0.335 e. The molecule has 0 spiro atoms. The molecule has 0 unspecified atom stereocenters. The predicted octanol–water partition coefficient (Wildman–Crippen LogP) is 1.94. The normalized spacial score (nSPS) is 15.4. The van der Waals surface area contributed by atoms with E-state index in [2.05, 4.69) is 0 Å². The Kier molecular flexibility index (Phi) is 3.97. The molecule has 0 bridgehead atoms. The Bertz CT molecular complexity index is 450. The van der Waals surface area contributed by atoms with Crippen molar-refractivity contribution in [3.63, 3.8) is 0 Å². The van der Waals surface area contributed by atoms with E-state index < -0.39 is 5.97 Å². The molecule has 1 aliphatic rings. The fraction of sp³-hybridized carbons (Fsp3) is 0.429. The van der Waals surface area contributed by atoms with Gasteiger partial charge in [0.2, 0.25) is 5.91 Å². The van der Waals surface area contributed by atoms with Crippen LogP contribution in [-0.2, 0) is 11.2 Å². The quantitative estimate of drug-likeness (QED) is 0.888. The number of nitrogens with zero attached hydrogens (tertiary/aromatic N) is 1. The van der Waals surface area contributed by atoms with E-state index >= 15 is 0 Å². The second-order valence-electron chi connectivity index (χ2n) is 4.58. The lowest BCUT2D eigenvalue weighted by atomic mass is 10.0. The van der Waals surface area contributed by atoms with Crippen molar-refractivity contribution >= 4 is 11.9 Å². The summed E-state index contributed by atoms with van der Waals surface area (Å²) in [5.41, 5.74) is 0.823. The van der Waals surface area contributed by atoms with Crippen LogP contribution in [-0.4, -0.2) is 35.0 Å². The number of carbonyl (C=O) groups is 2. The lowest BCUT2D eigenvalue weighted by molar-refractivity contribution is -0.131. The van der Waals surface area contributed by atoms with Crippen molar-refractivity contribution < 1.29 is 14.7 Å². The van der Waals surface area contributed by atoms with E-state index in [0.29, 0.717) is 5.56 Å². The summed E-state index contributed by atoms with van der Waals surface area (Å²) in [6.07, 6.45) is 3.45. The number of carbonyl (C=O) groups excluding carboxylic acids is 1. The van der Waals surface area contributed by atoms with Crippen LogP contribution in [0.15, 0.2) is 24.3 Å². The van der Waals surface area contributed by atoms with Gasteiger partial charge in [-0.25, -0.2) is 4.79 Å². The van der Waals surface area contributed by atoms with E-state index in [-0.39, 0.29) is 17.9 Å². The number of aromatic carboxylic acids is 1. The molecular weight excluding hydrogens is 230 g/mol. The maximum atomic E-state index is 12.1. The van der Waals surface area contributed by atoms with Crippen LogP contribution < -0.4 is 0 Å². The van der Waals surface area contributed by atoms with Crippen LogP contribution in [0.5, 0.6) is 0 Å². The number of likely N-dealkylation sites (tertiary alicyclic amines) is 1. The zero-order valence-corrected chi connectivity index (χ0v) is 10.3. The van der Waals surface area contributed by atoms with Gasteiger partial charge in [-0.2, -0.15) is 0 Å². The SMILES string of the molecule is O=C(O)c1ccccc1CC(=O)N1CCCCC1. The monoisotopic (exact) mass is 247 g/mol. The van der Waals surface area contributed by atoms with Crippen LogP contribution in [0.3, 0.4) is 0 Å². The average Bonchev–Trinajstić information content (AvgIpc) is 2.40. The third kappa shape index (κ3) is 2.88. The van der Waals surface area contributed by atoms with Gasteiger partial charge < -0.3 is 10.0 Å². The average molecular weight is 247 g/mol. The Labute approximate surface area is 106 Å². The molecule has 0 saturated carbocycles. The Morgan fingerprint density at radius 1 is 1.11 bits per heavy atom. The lowest BCUT2D eigenvalue weighted by Crippen LogP contribution is -2.36. The van der Waals surface area contributed by atoms with E-state index in [9.17, 15) is 9.59 Å². The highest BCUT2D eigenvalue weighted by Crippen LogP contribution is 2.14. The van der Waals surface area contributed by atoms with Crippen LogP contribution in [0.2, 0.25) is 0 Å². The summed E-state index contributed by atoms with van der Waals surface area (Å²) in [5.74, 6) is -0.944. The molecule has 1 aliphatic heterocycles.